The quantitative estimate of drug-likeness (QED) is 0.606. The third-order valence-corrected chi connectivity index (χ3v) is 9.63. The molecule has 4 aliphatic rings. The summed E-state index contributed by atoms with van der Waals surface area (Å²) in [5.41, 5.74) is -1.12. The van der Waals surface area contributed by atoms with Gasteiger partial charge < -0.3 is 14.9 Å². The highest BCUT2D eigenvalue weighted by atomic mass is 16.6. The van der Waals surface area contributed by atoms with Crippen molar-refractivity contribution in [2.24, 2.45) is 28.6 Å². The molecule has 0 amide bonds. The maximum absolute atomic E-state index is 13.1. The van der Waals surface area contributed by atoms with Crippen LogP contribution in [0.1, 0.15) is 85.0 Å². The molecule has 0 radical (unpaired) electrons. The number of hydrogen-bond acceptors (Lipinski definition) is 6. The molecule has 6 nitrogen and oxygen atoms in total. The van der Waals surface area contributed by atoms with E-state index in [1.807, 2.05) is 19.9 Å². The minimum absolute atomic E-state index is 0.0319. The monoisotopic (exact) mass is 446 g/mol. The largest absolute Gasteiger partial charge is 0.450 e. The van der Waals surface area contributed by atoms with E-state index in [0.717, 1.165) is 32.1 Å². The van der Waals surface area contributed by atoms with Gasteiger partial charge in [0.1, 0.15) is 6.61 Å². The molecule has 0 spiro atoms. The topological polar surface area (TPSA) is 101 Å². The van der Waals surface area contributed by atoms with Crippen molar-refractivity contribution >= 4 is 17.5 Å². The van der Waals surface area contributed by atoms with E-state index in [9.17, 15) is 24.6 Å². The Hall–Kier alpha value is -1.53. The van der Waals surface area contributed by atoms with Crippen molar-refractivity contribution in [3.05, 3.63) is 11.6 Å². The van der Waals surface area contributed by atoms with Crippen LogP contribution >= 0.6 is 0 Å². The summed E-state index contributed by atoms with van der Waals surface area (Å²) in [4.78, 5) is 37.9. The first-order valence-corrected chi connectivity index (χ1v) is 12.4. The Morgan fingerprint density at radius 2 is 1.94 bits per heavy atom. The zero-order chi connectivity index (χ0) is 23.3. The molecule has 0 bridgehead atoms. The molecule has 0 heterocycles. The van der Waals surface area contributed by atoms with Crippen molar-refractivity contribution < 1.29 is 29.3 Å². The lowest BCUT2D eigenvalue weighted by Crippen LogP contribution is -2.63. The van der Waals surface area contributed by atoms with Crippen molar-refractivity contribution in [1.82, 2.24) is 0 Å². The van der Waals surface area contributed by atoms with Gasteiger partial charge in [-0.2, -0.15) is 0 Å². The Morgan fingerprint density at radius 3 is 2.62 bits per heavy atom. The Labute approximate surface area is 190 Å². The molecule has 7 atom stereocenters. The maximum Gasteiger partial charge on any atom is 0.306 e. The number of aliphatic hydroxyl groups is 2. The molecule has 3 fully saturated rings. The number of Topliss-reactive ketones (excluding diaryl/α,β-unsaturated/α-hetero) is 1. The molecule has 2 N–H and O–H groups in total. The smallest absolute Gasteiger partial charge is 0.306 e. The molecule has 3 saturated carbocycles. The van der Waals surface area contributed by atoms with Gasteiger partial charge in [0.05, 0.1) is 6.10 Å². The molecule has 178 valence electrons. The van der Waals surface area contributed by atoms with Crippen molar-refractivity contribution in [2.45, 2.75) is 96.7 Å². The fraction of sp³-hybridized carbons (Fsp3) is 0.808. The number of rotatable bonds is 6. The van der Waals surface area contributed by atoms with Gasteiger partial charge >= 0.3 is 5.97 Å². The number of ketones is 2. The molecule has 4 rings (SSSR count). The zero-order valence-electron chi connectivity index (χ0n) is 19.7. The summed E-state index contributed by atoms with van der Waals surface area (Å²) >= 11 is 0. The highest BCUT2D eigenvalue weighted by Crippen LogP contribution is 2.68. The van der Waals surface area contributed by atoms with E-state index >= 15 is 0 Å². The average molecular weight is 447 g/mol. The van der Waals surface area contributed by atoms with Gasteiger partial charge in [0.2, 0.25) is 5.78 Å². The van der Waals surface area contributed by atoms with Crippen LogP contribution in [-0.2, 0) is 19.1 Å². The van der Waals surface area contributed by atoms with Crippen LogP contribution in [0.5, 0.6) is 0 Å². The number of fused-ring (bicyclic) bond motifs is 5. The summed E-state index contributed by atoms with van der Waals surface area (Å²) in [6, 6.07) is 0. The number of carbonyl (C=O) groups is 3. The summed E-state index contributed by atoms with van der Waals surface area (Å²) in [6.07, 6.45) is 7.44. The Balaban J connectivity index is 1.70. The minimum atomic E-state index is -1.37. The summed E-state index contributed by atoms with van der Waals surface area (Å²) < 4.78 is 5.98. The third-order valence-electron chi connectivity index (χ3n) is 9.63. The second-order valence-electron chi connectivity index (χ2n) is 11.1. The van der Waals surface area contributed by atoms with E-state index in [0.29, 0.717) is 25.7 Å². The van der Waals surface area contributed by atoms with Crippen LogP contribution in [-0.4, -0.2) is 46.1 Å². The van der Waals surface area contributed by atoms with E-state index in [1.165, 1.54) is 5.57 Å². The second-order valence-corrected chi connectivity index (χ2v) is 11.1. The van der Waals surface area contributed by atoms with Crippen molar-refractivity contribution in [3.63, 3.8) is 0 Å². The molecule has 0 aromatic heterocycles. The lowest BCUT2D eigenvalue weighted by molar-refractivity contribution is -0.202. The molecule has 0 aliphatic heterocycles. The van der Waals surface area contributed by atoms with Crippen LogP contribution in [0.25, 0.3) is 0 Å². The predicted octanol–water partition coefficient (Wildman–Crippen LogP) is 3.52. The molecule has 32 heavy (non-hydrogen) atoms. The van der Waals surface area contributed by atoms with E-state index < -0.39 is 35.5 Å². The van der Waals surface area contributed by atoms with Gasteiger partial charge in [-0.1, -0.05) is 32.8 Å². The highest BCUT2D eigenvalue weighted by molar-refractivity contribution is 5.92. The molecule has 2 unspecified atom stereocenters. The highest BCUT2D eigenvalue weighted by Gasteiger charge is 2.70. The molecular formula is C26H38O6. The SMILES string of the molecule is CCCCC(=O)O[C@]1(C(=O)CO)CC[C@H]2[C@@H]3CCC4=CC(=O)CCC4(C)[C@H]3[C@@H](O)CC21C. The molecule has 0 saturated heterocycles. The fourth-order valence-corrected chi connectivity index (χ4v) is 8.05. The van der Waals surface area contributed by atoms with Crippen LogP contribution < -0.4 is 0 Å². The third kappa shape index (κ3) is 3.32. The van der Waals surface area contributed by atoms with Gasteiger partial charge in [-0.3, -0.25) is 14.4 Å². The van der Waals surface area contributed by atoms with Crippen LogP contribution in [0.15, 0.2) is 11.6 Å². The maximum atomic E-state index is 13.1. The Kier molecular flexibility index (Phi) is 6.17. The Morgan fingerprint density at radius 1 is 1.19 bits per heavy atom. The van der Waals surface area contributed by atoms with E-state index in [2.05, 4.69) is 6.92 Å². The van der Waals surface area contributed by atoms with Crippen LogP contribution in [0.2, 0.25) is 0 Å². The number of allylic oxidation sites excluding steroid dienone is 1. The number of hydrogen-bond donors (Lipinski definition) is 2. The van der Waals surface area contributed by atoms with Crippen molar-refractivity contribution in [3.8, 4) is 0 Å². The summed E-state index contributed by atoms with van der Waals surface area (Å²) in [6.45, 7) is 5.51. The summed E-state index contributed by atoms with van der Waals surface area (Å²) in [5, 5.41) is 21.4. The lowest BCUT2D eigenvalue weighted by atomic mass is 9.45. The van der Waals surface area contributed by atoms with Gasteiger partial charge in [-0.05, 0) is 74.2 Å². The standard InChI is InChI=1S/C26H38O6/c1-4-5-6-22(31)32-26(21(30)15-27)12-10-19-18-8-7-16-13-17(28)9-11-24(16,2)23(18)20(29)14-25(19,26)3/h13,18-20,23,27,29H,4-12,14-15H2,1-3H3/t18-,19-,20-,23+,24?,25?,26-/m0/s1. The fourth-order valence-electron chi connectivity index (χ4n) is 8.05. The first kappa shape index (κ1) is 23.6. The van der Waals surface area contributed by atoms with Gasteiger partial charge in [-0.15, -0.1) is 0 Å². The van der Waals surface area contributed by atoms with Gasteiger partial charge in [0.15, 0.2) is 11.4 Å². The van der Waals surface area contributed by atoms with Crippen LogP contribution in [0.4, 0.5) is 0 Å². The average Bonchev–Trinajstić information content (AvgIpc) is 3.04. The second kappa shape index (κ2) is 8.35. The first-order chi connectivity index (χ1) is 15.1. The molecule has 0 aromatic carbocycles. The number of carbonyl (C=O) groups excluding carboxylic acids is 3. The van der Waals surface area contributed by atoms with Crippen LogP contribution in [0, 0.1) is 28.6 Å². The van der Waals surface area contributed by atoms with Gasteiger partial charge in [0, 0.05) is 18.3 Å². The van der Waals surface area contributed by atoms with E-state index in [4.69, 9.17) is 4.74 Å². The minimum Gasteiger partial charge on any atom is -0.450 e. The normalized spacial score (nSPS) is 43.0. The van der Waals surface area contributed by atoms with Crippen molar-refractivity contribution in [2.75, 3.05) is 6.61 Å². The van der Waals surface area contributed by atoms with Crippen LogP contribution in [0.3, 0.4) is 0 Å². The van der Waals surface area contributed by atoms with Gasteiger partial charge in [0.25, 0.3) is 0 Å². The molecule has 0 aromatic rings. The first-order valence-electron chi connectivity index (χ1n) is 12.4. The van der Waals surface area contributed by atoms with E-state index in [1.54, 1.807) is 0 Å². The van der Waals surface area contributed by atoms with Gasteiger partial charge in [-0.25, -0.2) is 0 Å². The number of ether oxygens (including phenoxy) is 1. The lowest BCUT2D eigenvalue weighted by Gasteiger charge is -2.60. The summed E-state index contributed by atoms with van der Waals surface area (Å²) in [5.74, 6) is -0.297. The molecule has 4 aliphatic carbocycles. The summed E-state index contributed by atoms with van der Waals surface area (Å²) in [7, 11) is 0. The number of esters is 1. The predicted molar refractivity (Wildman–Crippen MR) is 119 cm³/mol. The van der Waals surface area contributed by atoms with E-state index in [-0.39, 0.29) is 35.4 Å². The Bertz CT molecular complexity index is 832. The molecule has 6 heteroatoms. The molecular weight excluding hydrogens is 408 g/mol. The zero-order valence-corrected chi connectivity index (χ0v) is 19.7. The van der Waals surface area contributed by atoms with Crippen molar-refractivity contribution in [1.29, 1.82) is 0 Å². The number of aliphatic hydroxyl groups excluding tert-OH is 2. The number of unbranched alkanes of at least 4 members (excludes halogenated alkanes) is 1.